The Hall–Kier alpha value is -3.12. The number of rotatable bonds is 4. The molecule has 4 nitrogen and oxygen atoms in total. The van der Waals surface area contributed by atoms with Crippen molar-refractivity contribution in [3.05, 3.63) is 84.7 Å². The fraction of sp³-hybridized carbons (Fsp3) is 0.174. The molecule has 6 heteroatoms. The molecular weight excluding hydrogens is 385 g/mol. The van der Waals surface area contributed by atoms with Gasteiger partial charge in [-0.1, -0.05) is 30.3 Å². The lowest BCUT2D eigenvalue weighted by Gasteiger charge is -2.37. The van der Waals surface area contributed by atoms with Crippen molar-refractivity contribution in [1.29, 1.82) is 0 Å². The van der Waals surface area contributed by atoms with Crippen molar-refractivity contribution in [3.63, 3.8) is 0 Å². The van der Waals surface area contributed by atoms with Crippen LogP contribution in [0, 0.1) is 5.82 Å². The lowest BCUT2D eigenvalue weighted by molar-refractivity contribution is 0.388. The van der Waals surface area contributed by atoms with Crippen LogP contribution in [0.1, 0.15) is 0 Å². The van der Waals surface area contributed by atoms with Crippen molar-refractivity contribution >= 4 is 28.7 Å². The maximum absolute atomic E-state index is 14.0. The Morgan fingerprint density at radius 3 is 2.10 bits per heavy atom. The first-order valence-electron chi connectivity index (χ1n) is 9.57. The molecule has 0 atom stereocenters. The van der Waals surface area contributed by atoms with Gasteiger partial charge in [-0.2, -0.15) is 0 Å². The number of piperazine rings is 1. The summed E-state index contributed by atoms with van der Waals surface area (Å²) in [4.78, 5) is 4.17. The van der Waals surface area contributed by atoms with E-state index < -0.39 is 0 Å². The van der Waals surface area contributed by atoms with Crippen molar-refractivity contribution in [2.24, 2.45) is 0 Å². The van der Waals surface area contributed by atoms with Crippen LogP contribution in [0.2, 0.25) is 0 Å². The summed E-state index contributed by atoms with van der Waals surface area (Å²) in [6.07, 6.45) is 0. The SMILES string of the molecule is Fc1ccccc1N1CCN(C(=S)Nc2ccc(Oc3ccccc3)cc2)CC1. The van der Waals surface area contributed by atoms with E-state index >= 15 is 0 Å². The molecule has 3 aromatic carbocycles. The van der Waals surface area contributed by atoms with E-state index in [2.05, 4.69) is 15.1 Å². The van der Waals surface area contributed by atoms with Crippen LogP contribution in [0.3, 0.4) is 0 Å². The molecule has 0 amide bonds. The molecule has 4 rings (SSSR count). The highest BCUT2D eigenvalue weighted by atomic mass is 32.1. The van der Waals surface area contributed by atoms with Crippen molar-refractivity contribution in [2.45, 2.75) is 0 Å². The Labute approximate surface area is 175 Å². The smallest absolute Gasteiger partial charge is 0.173 e. The molecule has 1 fully saturated rings. The number of hydrogen-bond acceptors (Lipinski definition) is 3. The monoisotopic (exact) mass is 407 g/mol. The summed E-state index contributed by atoms with van der Waals surface area (Å²) in [5, 5.41) is 3.95. The van der Waals surface area contributed by atoms with E-state index in [0.717, 1.165) is 43.4 Å². The zero-order chi connectivity index (χ0) is 20.1. The standard InChI is InChI=1S/C23H22FN3OS/c24-21-8-4-5-9-22(21)26-14-16-27(17-15-26)23(29)25-18-10-12-20(13-11-18)28-19-6-2-1-3-7-19/h1-13H,14-17H2,(H,25,29). The highest BCUT2D eigenvalue weighted by molar-refractivity contribution is 7.80. The summed E-state index contributed by atoms with van der Waals surface area (Å²) < 4.78 is 19.8. The number of benzene rings is 3. The average Bonchev–Trinajstić information content (AvgIpc) is 2.76. The minimum Gasteiger partial charge on any atom is -0.457 e. The quantitative estimate of drug-likeness (QED) is 0.605. The molecule has 1 aliphatic heterocycles. The van der Waals surface area contributed by atoms with Crippen molar-refractivity contribution in [1.82, 2.24) is 4.90 Å². The fourth-order valence-corrected chi connectivity index (χ4v) is 3.59. The molecule has 1 N–H and O–H groups in total. The second kappa shape index (κ2) is 8.92. The molecule has 1 saturated heterocycles. The summed E-state index contributed by atoms with van der Waals surface area (Å²) in [5.74, 6) is 1.39. The first kappa shape index (κ1) is 19.2. The topological polar surface area (TPSA) is 27.7 Å². The predicted molar refractivity (Wildman–Crippen MR) is 119 cm³/mol. The number of ether oxygens (including phenoxy) is 1. The molecule has 1 aliphatic rings. The summed E-state index contributed by atoms with van der Waals surface area (Å²) in [5.41, 5.74) is 1.56. The van der Waals surface area contributed by atoms with Gasteiger partial charge in [0.1, 0.15) is 17.3 Å². The predicted octanol–water partition coefficient (Wildman–Crippen LogP) is 5.14. The normalized spacial score (nSPS) is 13.8. The Morgan fingerprint density at radius 1 is 0.793 bits per heavy atom. The van der Waals surface area contributed by atoms with Gasteiger partial charge in [0.25, 0.3) is 0 Å². The Balaban J connectivity index is 1.30. The van der Waals surface area contributed by atoms with Crippen LogP contribution in [0.5, 0.6) is 11.5 Å². The highest BCUT2D eigenvalue weighted by Crippen LogP contribution is 2.23. The zero-order valence-corrected chi connectivity index (χ0v) is 16.7. The minimum atomic E-state index is -0.181. The Morgan fingerprint density at radius 2 is 1.41 bits per heavy atom. The first-order valence-corrected chi connectivity index (χ1v) is 9.98. The van der Waals surface area contributed by atoms with Crippen LogP contribution in [0.4, 0.5) is 15.8 Å². The van der Waals surface area contributed by atoms with Gasteiger partial charge in [0.05, 0.1) is 5.69 Å². The first-order chi connectivity index (χ1) is 14.2. The summed E-state index contributed by atoms with van der Waals surface area (Å²) in [6, 6.07) is 24.3. The number of halogens is 1. The van der Waals surface area contributed by atoms with Crippen LogP contribution in [-0.4, -0.2) is 36.2 Å². The van der Waals surface area contributed by atoms with Gasteiger partial charge < -0.3 is 19.9 Å². The van der Waals surface area contributed by atoms with Gasteiger partial charge in [-0.05, 0) is 60.7 Å². The van der Waals surface area contributed by atoms with Crippen molar-refractivity contribution in [2.75, 3.05) is 36.4 Å². The third kappa shape index (κ3) is 4.84. The molecule has 0 aromatic heterocycles. The zero-order valence-electron chi connectivity index (χ0n) is 15.9. The average molecular weight is 408 g/mol. The lowest BCUT2D eigenvalue weighted by Crippen LogP contribution is -2.50. The number of nitrogens with zero attached hydrogens (tertiary/aromatic N) is 2. The molecule has 0 spiro atoms. The Bertz CT molecular complexity index is 957. The van der Waals surface area contributed by atoms with Gasteiger partial charge in [0, 0.05) is 31.9 Å². The van der Waals surface area contributed by atoms with E-state index in [4.69, 9.17) is 17.0 Å². The molecule has 0 unspecified atom stereocenters. The summed E-state index contributed by atoms with van der Waals surface area (Å²) in [7, 11) is 0. The van der Waals surface area contributed by atoms with E-state index in [9.17, 15) is 4.39 Å². The minimum absolute atomic E-state index is 0.181. The largest absolute Gasteiger partial charge is 0.457 e. The molecule has 148 valence electrons. The molecule has 0 aliphatic carbocycles. The Kier molecular flexibility index (Phi) is 5.91. The molecule has 0 bridgehead atoms. The van der Waals surface area contributed by atoms with Gasteiger partial charge in [-0.15, -0.1) is 0 Å². The van der Waals surface area contributed by atoms with Crippen LogP contribution < -0.4 is 15.0 Å². The molecule has 3 aromatic rings. The maximum Gasteiger partial charge on any atom is 0.173 e. The summed E-state index contributed by atoms with van der Waals surface area (Å²) in [6.45, 7) is 2.95. The number of nitrogens with one attached hydrogen (secondary N) is 1. The summed E-state index contributed by atoms with van der Waals surface area (Å²) >= 11 is 5.57. The van der Waals surface area contributed by atoms with Crippen LogP contribution >= 0.6 is 12.2 Å². The molecule has 0 radical (unpaired) electrons. The maximum atomic E-state index is 14.0. The van der Waals surface area contributed by atoms with Crippen LogP contribution in [0.15, 0.2) is 78.9 Å². The lowest BCUT2D eigenvalue weighted by atomic mass is 10.2. The van der Waals surface area contributed by atoms with Crippen LogP contribution in [0.25, 0.3) is 0 Å². The van der Waals surface area contributed by atoms with E-state index in [1.54, 1.807) is 6.07 Å². The van der Waals surface area contributed by atoms with Gasteiger partial charge in [0.2, 0.25) is 0 Å². The van der Waals surface area contributed by atoms with Gasteiger partial charge in [-0.3, -0.25) is 0 Å². The van der Waals surface area contributed by atoms with E-state index in [1.165, 1.54) is 6.07 Å². The third-order valence-corrected chi connectivity index (χ3v) is 5.20. The fourth-order valence-electron chi connectivity index (χ4n) is 3.29. The van der Waals surface area contributed by atoms with Crippen LogP contribution in [-0.2, 0) is 0 Å². The second-order valence-electron chi connectivity index (χ2n) is 6.80. The van der Waals surface area contributed by atoms with Gasteiger partial charge in [0.15, 0.2) is 5.11 Å². The van der Waals surface area contributed by atoms with Crippen molar-refractivity contribution < 1.29 is 9.13 Å². The third-order valence-electron chi connectivity index (χ3n) is 4.84. The van der Waals surface area contributed by atoms with E-state index in [0.29, 0.717) is 10.8 Å². The number of hydrogen-bond donors (Lipinski definition) is 1. The molecule has 29 heavy (non-hydrogen) atoms. The number of para-hydroxylation sites is 2. The highest BCUT2D eigenvalue weighted by Gasteiger charge is 2.20. The number of anilines is 2. The second-order valence-corrected chi connectivity index (χ2v) is 7.18. The van der Waals surface area contributed by atoms with E-state index in [1.807, 2.05) is 66.7 Å². The van der Waals surface area contributed by atoms with Gasteiger partial charge in [-0.25, -0.2) is 4.39 Å². The molecule has 0 saturated carbocycles. The number of thiocarbonyl (C=S) groups is 1. The molecular formula is C23H22FN3OS. The molecule has 1 heterocycles. The van der Waals surface area contributed by atoms with Crippen molar-refractivity contribution in [3.8, 4) is 11.5 Å². The van der Waals surface area contributed by atoms with E-state index in [-0.39, 0.29) is 5.82 Å². The van der Waals surface area contributed by atoms with Gasteiger partial charge >= 0.3 is 0 Å².